The van der Waals surface area contributed by atoms with Crippen molar-refractivity contribution in [2.24, 2.45) is 0 Å². The Kier molecular flexibility index (Phi) is 10.5. The van der Waals surface area contributed by atoms with E-state index >= 15 is 0 Å². The first-order valence-electron chi connectivity index (χ1n) is 13.7. The molecule has 0 radical (unpaired) electrons. The lowest BCUT2D eigenvalue weighted by Gasteiger charge is -2.24. The van der Waals surface area contributed by atoms with Crippen molar-refractivity contribution in [3.63, 3.8) is 0 Å². The van der Waals surface area contributed by atoms with E-state index < -0.39 is 54.0 Å². The van der Waals surface area contributed by atoms with Crippen LogP contribution in [0.2, 0.25) is 0 Å². The van der Waals surface area contributed by atoms with Crippen LogP contribution in [0.5, 0.6) is 11.8 Å². The van der Waals surface area contributed by atoms with Crippen LogP contribution in [0.3, 0.4) is 0 Å². The first kappa shape index (κ1) is 34.6. The SMILES string of the molecule is CC1=[N+](CCCS(=O)(=O)O)c2ccc3c(SOOO)cc(S(=O)(=O)O)cc3c2C1(C)CCCCCC(=O)On1c(O)ccc1O. The van der Waals surface area contributed by atoms with Gasteiger partial charge in [-0.25, -0.2) is 10.1 Å². The lowest BCUT2D eigenvalue weighted by molar-refractivity contribution is -0.438. The van der Waals surface area contributed by atoms with E-state index in [1.54, 1.807) is 12.1 Å². The number of benzene rings is 2. The quantitative estimate of drug-likeness (QED) is 0.0380. The van der Waals surface area contributed by atoms with Crippen molar-refractivity contribution in [2.45, 2.75) is 67.6 Å². The molecule has 0 spiro atoms. The second-order valence-corrected chi connectivity index (χ2v) is 14.5. The van der Waals surface area contributed by atoms with Crippen LogP contribution < -0.4 is 4.84 Å². The zero-order valence-electron chi connectivity index (χ0n) is 24.2. The van der Waals surface area contributed by atoms with Crippen LogP contribution >= 0.6 is 12.0 Å². The highest BCUT2D eigenvalue weighted by molar-refractivity contribution is 7.94. The van der Waals surface area contributed by atoms with Gasteiger partial charge in [0.25, 0.3) is 20.2 Å². The molecule has 0 saturated heterocycles. The Morgan fingerprint density at radius 3 is 2.29 bits per heavy atom. The maximum absolute atomic E-state index is 12.3. The molecule has 0 aliphatic carbocycles. The molecule has 2 aromatic carbocycles. The number of carbonyl (C=O) groups excluding carboxylic acids is 1. The molecule has 4 rings (SSSR count). The predicted molar refractivity (Wildman–Crippen MR) is 161 cm³/mol. The number of carbonyl (C=O) groups is 1. The highest BCUT2D eigenvalue weighted by atomic mass is 32.2. The topological polar surface area (TPSA) is 222 Å². The molecule has 2 heterocycles. The largest absolute Gasteiger partial charge is 0.492 e. The van der Waals surface area contributed by atoms with Crippen LogP contribution in [0.25, 0.3) is 10.8 Å². The highest BCUT2D eigenvalue weighted by Gasteiger charge is 2.47. The van der Waals surface area contributed by atoms with Gasteiger partial charge in [0, 0.05) is 48.4 Å². The van der Waals surface area contributed by atoms with Gasteiger partial charge in [0.15, 0.2) is 5.71 Å². The third-order valence-electron chi connectivity index (χ3n) is 7.88. The number of aromatic hydroxyl groups is 2. The third kappa shape index (κ3) is 7.78. The second-order valence-electron chi connectivity index (χ2n) is 10.8. The van der Waals surface area contributed by atoms with E-state index in [1.165, 1.54) is 24.3 Å². The molecule has 0 saturated carbocycles. The fourth-order valence-electron chi connectivity index (χ4n) is 5.66. The van der Waals surface area contributed by atoms with Gasteiger partial charge < -0.3 is 15.1 Å². The van der Waals surface area contributed by atoms with Crippen LogP contribution in [0.1, 0.15) is 57.9 Å². The average molecular weight is 690 g/mol. The number of hydrogen-bond donors (Lipinski definition) is 5. The molecule has 246 valence electrons. The summed E-state index contributed by atoms with van der Waals surface area (Å²) < 4.78 is 73.6. The van der Waals surface area contributed by atoms with Gasteiger partial charge in [-0.05, 0) is 48.7 Å². The van der Waals surface area contributed by atoms with Crippen LogP contribution in [-0.2, 0) is 39.8 Å². The molecule has 1 aliphatic heterocycles. The van der Waals surface area contributed by atoms with E-state index in [9.17, 15) is 40.9 Å². The number of rotatable bonds is 15. The second kappa shape index (κ2) is 13.6. The van der Waals surface area contributed by atoms with Crippen molar-refractivity contribution in [3.8, 4) is 11.8 Å². The number of fused-ring (bicyclic) bond motifs is 3. The lowest BCUT2D eigenvalue weighted by atomic mass is 9.74. The summed E-state index contributed by atoms with van der Waals surface area (Å²) in [7, 11) is -8.88. The molecule has 1 aromatic heterocycles. The van der Waals surface area contributed by atoms with Gasteiger partial charge in [-0.2, -0.15) is 21.4 Å². The Bertz CT molecular complexity index is 1830. The van der Waals surface area contributed by atoms with Crippen molar-refractivity contribution in [3.05, 3.63) is 42.0 Å². The summed E-state index contributed by atoms with van der Waals surface area (Å²) in [6, 6.07) is 8.34. The predicted octanol–water partition coefficient (Wildman–Crippen LogP) is 3.99. The number of aromatic nitrogens is 1. The van der Waals surface area contributed by atoms with Crippen LogP contribution in [0.4, 0.5) is 5.69 Å². The minimum Gasteiger partial charge on any atom is -0.492 e. The monoisotopic (exact) mass is 689 g/mol. The molecule has 18 heteroatoms. The normalized spacial score (nSPS) is 16.8. The molecule has 45 heavy (non-hydrogen) atoms. The summed E-state index contributed by atoms with van der Waals surface area (Å²) in [5.41, 5.74) is 1.49. The summed E-state index contributed by atoms with van der Waals surface area (Å²) in [6.07, 6.45) is 2.21. The van der Waals surface area contributed by atoms with Gasteiger partial charge in [0.05, 0.1) is 28.1 Å². The van der Waals surface area contributed by atoms with Crippen molar-refractivity contribution in [1.29, 1.82) is 0 Å². The van der Waals surface area contributed by atoms with E-state index in [-0.39, 0.29) is 24.3 Å². The Morgan fingerprint density at radius 1 is 0.978 bits per heavy atom. The molecule has 0 fully saturated rings. The van der Waals surface area contributed by atoms with Crippen molar-refractivity contribution in [1.82, 2.24) is 4.73 Å². The molecule has 0 amide bonds. The zero-order chi connectivity index (χ0) is 33.2. The molecular weight excluding hydrogens is 656 g/mol. The maximum atomic E-state index is 12.3. The zero-order valence-corrected chi connectivity index (χ0v) is 26.7. The molecule has 0 bridgehead atoms. The van der Waals surface area contributed by atoms with Gasteiger partial charge in [0.1, 0.15) is 6.54 Å². The Hall–Kier alpha value is -3.23. The van der Waals surface area contributed by atoms with Gasteiger partial charge in [-0.15, -0.1) is 9.06 Å². The number of unbranched alkanes of at least 4 members (excludes halogenated alkanes) is 2. The van der Waals surface area contributed by atoms with Gasteiger partial charge in [-0.1, -0.05) is 17.9 Å². The minimum atomic E-state index is -4.67. The van der Waals surface area contributed by atoms with Crippen molar-refractivity contribution < 1.29 is 65.0 Å². The van der Waals surface area contributed by atoms with E-state index in [0.717, 1.165) is 5.71 Å². The Labute approximate surface area is 263 Å². The summed E-state index contributed by atoms with van der Waals surface area (Å²) >= 11 is 0.534. The molecule has 1 atom stereocenters. The first-order chi connectivity index (χ1) is 21.1. The summed E-state index contributed by atoms with van der Waals surface area (Å²) in [5, 5.41) is 32.7. The minimum absolute atomic E-state index is 0.00295. The number of hydrogen-bond acceptors (Lipinski definition) is 12. The van der Waals surface area contributed by atoms with E-state index in [1.807, 2.05) is 18.4 Å². The van der Waals surface area contributed by atoms with Gasteiger partial charge in [0.2, 0.25) is 17.4 Å². The van der Waals surface area contributed by atoms with Crippen LogP contribution in [0, 0.1) is 0 Å². The Balaban J connectivity index is 1.66. The van der Waals surface area contributed by atoms with E-state index in [2.05, 4.69) is 9.37 Å². The molecule has 1 unspecified atom stereocenters. The van der Waals surface area contributed by atoms with Crippen LogP contribution in [-0.4, -0.2) is 74.7 Å². The maximum Gasteiger partial charge on any atom is 0.333 e. The average Bonchev–Trinajstić information content (AvgIpc) is 3.38. The molecule has 15 nitrogen and oxygen atoms in total. The van der Waals surface area contributed by atoms with Gasteiger partial charge >= 0.3 is 5.97 Å². The van der Waals surface area contributed by atoms with Gasteiger partial charge in [-0.3, -0.25) is 9.11 Å². The summed E-state index contributed by atoms with van der Waals surface area (Å²) in [6.45, 7) is 4.05. The molecular formula is C27H33N2O13S3+. The van der Waals surface area contributed by atoms with Crippen molar-refractivity contribution >= 4 is 60.4 Å². The fraction of sp³-hybridized carbons (Fsp3) is 0.407. The van der Waals surface area contributed by atoms with E-state index in [4.69, 9.17) is 10.1 Å². The van der Waals surface area contributed by atoms with Crippen LogP contribution in [0.15, 0.2) is 46.2 Å². The molecule has 3 aromatic rings. The standard InChI is InChI=1S/C27H32N2O13S3/c1-17-27(2,12-5-3-4-7-25(32)40-29-23(30)10-11-24(29)31)26-20-15-18(45(37,38)39)16-22(43-42-41-33)19(20)8-9-21(26)28(17)13-6-14-44(34,35)36/h8-11,15-16H,3-7,12-14H2,1-2H3,(H4-,30,31,33,34,35,36,37,38,39)/p+1. The molecule has 5 N–H and O–H groups in total. The smallest absolute Gasteiger partial charge is 0.333 e. The Morgan fingerprint density at radius 2 is 1.67 bits per heavy atom. The number of nitrogens with zero attached hydrogens (tertiary/aromatic N) is 2. The van der Waals surface area contributed by atoms with E-state index in [0.29, 0.717) is 64.5 Å². The lowest BCUT2D eigenvalue weighted by Crippen LogP contribution is -2.31. The third-order valence-corrected chi connectivity index (χ3v) is 10.2. The molecule has 1 aliphatic rings. The highest BCUT2D eigenvalue weighted by Crippen LogP contribution is 2.48. The van der Waals surface area contributed by atoms with Crippen molar-refractivity contribution in [2.75, 3.05) is 12.3 Å². The first-order valence-corrected chi connectivity index (χ1v) is 17.5. The summed E-state index contributed by atoms with van der Waals surface area (Å²) in [4.78, 5) is 17.0. The summed E-state index contributed by atoms with van der Waals surface area (Å²) in [5.74, 6) is -1.98. The fourth-order valence-corrected chi connectivity index (χ4v) is 7.31.